The van der Waals surface area contributed by atoms with Gasteiger partial charge in [0.1, 0.15) is 11.4 Å². The van der Waals surface area contributed by atoms with E-state index in [2.05, 4.69) is 5.10 Å². The summed E-state index contributed by atoms with van der Waals surface area (Å²) in [6, 6.07) is 24.7. The van der Waals surface area contributed by atoms with Gasteiger partial charge in [-0.15, -0.1) is 0 Å². The molecule has 0 fully saturated rings. The molecular formula is C21H16N2O2. The molecule has 0 aliphatic heterocycles. The summed E-state index contributed by atoms with van der Waals surface area (Å²) in [6.07, 6.45) is 0. The van der Waals surface area contributed by atoms with Crippen molar-refractivity contribution < 1.29 is 9.53 Å². The zero-order valence-corrected chi connectivity index (χ0v) is 13.7. The summed E-state index contributed by atoms with van der Waals surface area (Å²) >= 11 is 0. The van der Waals surface area contributed by atoms with Crippen LogP contribution in [0.2, 0.25) is 0 Å². The number of methoxy groups -OCH3 is 1. The van der Waals surface area contributed by atoms with E-state index in [1.54, 1.807) is 31.4 Å². The molecule has 4 heteroatoms. The molecule has 1 heterocycles. The number of rotatable bonds is 3. The first-order valence-corrected chi connectivity index (χ1v) is 8.00. The van der Waals surface area contributed by atoms with E-state index >= 15 is 0 Å². The standard InChI is InChI=1S/C21H16N2O2/c1-25-17-13-11-16(12-14-17)21(24)23-19-10-6-5-9-18(19)20(22-23)15-7-3-2-4-8-15/h2-14H,1H3. The van der Waals surface area contributed by atoms with Gasteiger partial charge >= 0.3 is 0 Å². The largest absolute Gasteiger partial charge is 0.497 e. The monoisotopic (exact) mass is 328 g/mol. The molecule has 0 amide bonds. The van der Waals surface area contributed by atoms with Gasteiger partial charge in [0.2, 0.25) is 0 Å². The van der Waals surface area contributed by atoms with Crippen LogP contribution in [0.4, 0.5) is 0 Å². The first-order valence-electron chi connectivity index (χ1n) is 8.00. The Bertz CT molecular complexity index is 1030. The third-order valence-electron chi connectivity index (χ3n) is 4.16. The highest BCUT2D eigenvalue weighted by Gasteiger charge is 2.17. The number of aromatic nitrogens is 2. The van der Waals surface area contributed by atoms with Crippen LogP contribution in [-0.2, 0) is 0 Å². The molecule has 0 N–H and O–H groups in total. The maximum atomic E-state index is 13.0. The molecule has 0 bridgehead atoms. The van der Waals surface area contributed by atoms with E-state index in [4.69, 9.17) is 4.74 Å². The van der Waals surface area contributed by atoms with Crippen molar-refractivity contribution >= 4 is 16.8 Å². The molecule has 0 saturated carbocycles. The molecule has 0 spiro atoms. The first-order chi connectivity index (χ1) is 12.3. The molecule has 0 saturated heterocycles. The van der Waals surface area contributed by atoms with Crippen LogP contribution in [0, 0.1) is 0 Å². The van der Waals surface area contributed by atoms with Gasteiger partial charge in [-0.25, -0.2) is 0 Å². The van der Waals surface area contributed by atoms with Gasteiger partial charge < -0.3 is 4.74 Å². The number of para-hydroxylation sites is 1. The zero-order valence-electron chi connectivity index (χ0n) is 13.7. The predicted molar refractivity (Wildman–Crippen MR) is 97.9 cm³/mol. The molecule has 0 aliphatic carbocycles. The lowest BCUT2D eigenvalue weighted by atomic mass is 10.1. The molecule has 0 unspecified atom stereocenters. The highest BCUT2D eigenvalue weighted by molar-refractivity contribution is 6.04. The average Bonchev–Trinajstić information content (AvgIpc) is 3.08. The third kappa shape index (κ3) is 2.68. The Morgan fingerprint density at radius 2 is 1.56 bits per heavy atom. The maximum Gasteiger partial charge on any atom is 0.278 e. The molecule has 0 atom stereocenters. The Kier molecular flexibility index (Phi) is 3.78. The number of carbonyl (C=O) groups excluding carboxylic acids is 1. The van der Waals surface area contributed by atoms with Crippen molar-refractivity contribution in [3.63, 3.8) is 0 Å². The van der Waals surface area contributed by atoms with Crippen LogP contribution in [0.25, 0.3) is 22.2 Å². The Morgan fingerprint density at radius 3 is 2.28 bits per heavy atom. The SMILES string of the molecule is COc1ccc(C(=O)n2nc(-c3ccccc3)c3ccccc32)cc1. The van der Waals surface area contributed by atoms with Crippen LogP contribution in [0.1, 0.15) is 10.4 Å². The van der Waals surface area contributed by atoms with E-state index in [1.807, 2.05) is 54.6 Å². The smallest absolute Gasteiger partial charge is 0.278 e. The molecule has 0 radical (unpaired) electrons. The number of hydrogen-bond acceptors (Lipinski definition) is 3. The lowest BCUT2D eigenvalue weighted by Gasteiger charge is -2.04. The summed E-state index contributed by atoms with van der Waals surface area (Å²) in [7, 11) is 1.60. The quantitative estimate of drug-likeness (QED) is 0.560. The van der Waals surface area contributed by atoms with E-state index in [-0.39, 0.29) is 5.91 Å². The second-order valence-electron chi connectivity index (χ2n) is 5.68. The summed E-state index contributed by atoms with van der Waals surface area (Å²) in [5.41, 5.74) is 3.15. The van der Waals surface area contributed by atoms with Gasteiger partial charge in [-0.1, -0.05) is 48.5 Å². The minimum atomic E-state index is -0.166. The molecule has 4 aromatic rings. The number of carbonyl (C=O) groups is 1. The van der Waals surface area contributed by atoms with E-state index in [9.17, 15) is 4.79 Å². The zero-order chi connectivity index (χ0) is 17.2. The van der Waals surface area contributed by atoms with Crippen LogP contribution in [0.3, 0.4) is 0 Å². The normalized spacial score (nSPS) is 10.8. The fourth-order valence-electron chi connectivity index (χ4n) is 2.89. The fraction of sp³-hybridized carbons (Fsp3) is 0.0476. The van der Waals surface area contributed by atoms with Crippen molar-refractivity contribution in [1.29, 1.82) is 0 Å². The van der Waals surface area contributed by atoms with Gasteiger partial charge in [0.05, 0.1) is 12.6 Å². The Labute approximate surface area is 145 Å². The van der Waals surface area contributed by atoms with Gasteiger partial charge in [-0.3, -0.25) is 4.79 Å². The summed E-state index contributed by atoms with van der Waals surface area (Å²) in [5, 5.41) is 5.57. The van der Waals surface area contributed by atoms with Crippen molar-refractivity contribution in [3.05, 3.63) is 84.4 Å². The van der Waals surface area contributed by atoms with E-state index in [0.717, 1.165) is 22.2 Å². The van der Waals surface area contributed by atoms with Crippen molar-refractivity contribution in [2.24, 2.45) is 0 Å². The fourth-order valence-corrected chi connectivity index (χ4v) is 2.89. The molecule has 4 nitrogen and oxygen atoms in total. The van der Waals surface area contributed by atoms with E-state index in [1.165, 1.54) is 4.68 Å². The van der Waals surface area contributed by atoms with Gasteiger partial charge in [0, 0.05) is 16.5 Å². The average molecular weight is 328 g/mol. The Morgan fingerprint density at radius 1 is 0.880 bits per heavy atom. The summed E-state index contributed by atoms with van der Waals surface area (Å²) in [4.78, 5) is 13.0. The number of nitrogens with zero attached hydrogens (tertiary/aromatic N) is 2. The molecule has 4 rings (SSSR count). The van der Waals surface area contributed by atoms with E-state index in [0.29, 0.717) is 11.3 Å². The van der Waals surface area contributed by atoms with Crippen LogP contribution < -0.4 is 4.74 Å². The summed E-state index contributed by atoms with van der Waals surface area (Å²) in [6.45, 7) is 0. The Hall–Kier alpha value is -3.40. The van der Waals surface area contributed by atoms with Crippen LogP contribution in [-0.4, -0.2) is 22.8 Å². The maximum absolute atomic E-state index is 13.0. The summed E-state index contributed by atoms with van der Waals surface area (Å²) in [5.74, 6) is 0.549. The van der Waals surface area contributed by atoms with Crippen molar-refractivity contribution in [1.82, 2.24) is 9.78 Å². The topological polar surface area (TPSA) is 44.1 Å². The molecule has 0 aliphatic rings. The number of fused-ring (bicyclic) bond motifs is 1. The van der Waals surface area contributed by atoms with Gasteiger partial charge in [-0.05, 0) is 30.3 Å². The minimum absolute atomic E-state index is 0.166. The predicted octanol–water partition coefficient (Wildman–Crippen LogP) is 4.40. The van der Waals surface area contributed by atoms with Crippen LogP contribution in [0.15, 0.2) is 78.9 Å². The lowest BCUT2D eigenvalue weighted by molar-refractivity contribution is 0.0950. The van der Waals surface area contributed by atoms with Crippen molar-refractivity contribution in [3.8, 4) is 17.0 Å². The van der Waals surface area contributed by atoms with Gasteiger partial charge in [-0.2, -0.15) is 9.78 Å². The van der Waals surface area contributed by atoms with E-state index < -0.39 is 0 Å². The second kappa shape index (κ2) is 6.24. The van der Waals surface area contributed by atoms with Crippen molar-refractivity contribution in [2.45, 2.75) is 0 Å². The van der Waals surface area contributed by atoms with Gasteiger partial charge in [0.25, 0.3) is 5.91 Å². The number of ether oxygens (including phenoxy) is 1. The second-order valence-corrected chi connectivity index (χ2v) is 5.68. The molecule has 3 aromatic carbocycles. The van der Waals surface area contributed by atoms with Crippen LogP contribution >= 0.6 is 0 Å². The van der Waals surface area contributed by atoms with Crippen LogP contribution in [0.5, 0.6) is 5.75 Å². The molecule has 122 valence electrons. The molecular weight excluding hydrogens is 312 g/mol. The third-order valence-corrected chi connectivity index (χ3v) is 4.16. The molecule has 25 heavy (non-hydrogen) atoms. The number of benzene rings is 3. The Balaban J connectivity index is 1.86. The highest BCUT2D eigenvalue weighted by Crippen LogP contribution is 2.28. The minimum Gasteiger partial charge on any atom is -0.497 e. The lowest BCUT2D eigenvalue weighted by Crippen LogP contribution is -2.13. The molecule has 1 aromatic heterocycles. The van der Waals surface area contributed by atoms with Crippen molar-refractivity contribution in [2.75, 3.05) is 7.11 Å². The number of hydrogen-bond donors (Lipinski definition) is 0. The first kappa shape index (κ1) is 15.1. The summed E-state index contributed by atoms with van der Waals surface area (Å²) < 4.78 is 6.62. The van der Waals surface area contributed by atoms with Gasteiger partial charge in [0.15, 0.2) is 0 Å². The highest BCUT2D eigenvalue weighted by atomic mass is 16.5.